The number of fused-ring (bicyclic) bond motifs is 1. The van der Waals surface area contributed by atoms with E-state index in [1.807, 2.05) is 20.8 Å². The molecule has 0 spiro atoms. The molecular weight excluding hydrogens is 346 g/mol. The quantitative estimate of drug-likeness (QED) is 0.789. The van der Waals surface area contributed by atoms with Crippen LogP contribution in [-0.4, -0.2) is 20.7 Å². The summed E-state index contributed by atoms with van der Waals surface area (Å²) in [5.41, 5.74) is 1.73. The van der Waals surface area contributed by atoms with Gasteiger partial charge in [0.25, 0.3) is 10.0 Å². The van der Waals surface area contributed by atoms with Crippen LogP contribution in [0.2, 0.25) is 5.02 Å². The number of anilines is 1. The molecule has 0 radical (unpaired) electrons. The van der Waals surface area contributed by atoms with Crippen molar-refractivity contribution in [2.75, 3.05) is 10.8 Å². The molecule has 0 fully saturated rings. The van der Waals surface area contributed by atoms with E-state index in [1.54, 1.807) is 36.4 Å². The first-order valence-electron chi connectivity index (χ1n) is 7.82. The van der Waals surface area contributed by atoms with Crippen LogP contribution >= 0.6 is 11.6 Å². The number of benzene rings is 2. The third-order valence-corrected chi connectivity index (χ3v) is 5.74. The van der Waals surface area contributed by atoms with Gasteiger partial charge in [-0.1, -0.05) is 43.1 Å². The van der Waals surface area contributed by atoms with Crippen molar-refractivity contribution in [1.82, 2.24) is 0 Å². The minimum Gasteiger partial charge on any atom is -0.294 e. The topological polar surface area (TPSA) is 54.5 Å². The van der Waals surface area contributed by atoms with Crippen molar-refractivity contribution >= 4 is 33.1 Å². The number of sulfonamides is 1. The molecule has 1 heterocycles. The summed E-state index contributed by atoms with van der Waals surface area (Å²) in [6.45, 7) is 6.02. The van der Waals surface area contributed by atoms with Crippen molar-refractivity contribution in [2.24, 2.45) is 0 Å². The Labute approximate surface area is 148 Å². The van der Waals surface area contributed by atoms with Crippen LogP contribution < -0.4 is 4.31 Å². The molecule has 0 saturated heterocycles. The highest BCUT2D eigenvalue weighted by molar-refractivity contribution is 7.92. The normalized spacial score (nSPS) is 13.8. The van der Waals surface area contributed by atoms with Crippen molar-refractivity contribution in [3.63, 3.8) is 0 Å². The molecule has 0 aromatic heterocycles. The molecule has 2 aromatic carbocycles. The lowest BCUT2D eigenvalue weighted by Gasteiger charge is -2.29. The second-order valence-corrected chi connectivity index (χ2v) is 7.52. The number of hydrogen-bond acceptors (Lipinski definition) is 3. The number of aryl methyl sites for hydroxylation is 1. The van der Waals surface area contributed by atoms with Gasteiger partial charge in [-0.05, 0) is 37.3 Å². The molecule has 24 heavy (non-hydrogen) atoms. The van der Waals surface area contributed by atoms with Crippen LogP contribution in [0, 0.1) is 6.92 Å². The van der Waals surface area contributed by atoms with Crippen LogP contribution in [0.1, 0.15) is 36.2 Å². The van der Waals surface area contributed by atoms with Crippen LogP contribution in [0.5, 0.6) is 0 Å². The highest BCUT2D eigenvalue weighted by atomic mass is 35.5. The van der Waals surface area contributed by atoms with E-state index in [0.717, 1.165) is 5.56 Å². The first-order chi connectivity index (χ1) is 11.4. The van der Waals surface area contributed by atoms with Gasteiger partial charge in [0, 0.05) is 23.6 Å². The van der Waals surface area contributed by atoms with Gasteiger partial charge in [0.15, 0.2) is 5.78 Å². The van der Waals surface area contributed by atoms with Crippen LogP contribution in [0.15, 0.2) is 47.4 Å². The molecule has 2 aromatic rings. The third-order valence-electron chi connectivity index (χ3n) is 3.68. The third kappa shape index (κ3) is 3.47. The Bertz CT molecular complexity index is 845. The maximum absolute atomic E-state index is 12.9. The molecule has 0 amide bonds. The molecule has 0 unspecified atom stereocenters. The molecular formula is C18H20ClNO3S. The van der Waals surface area contributed by atoms with Crippen molar-refractivity contribution in [2.45, 2.75) is 32.1 Å². The number of ketones is 1. The average molecular weight is 366 g/mol. The predicted octanol–water partition coefficient (Wildman–Crippen LogP) is 4.46. The van der Waals surface area contributed by atoms with Crippen molar-refractivity contribution in [1.29, 1.82) is 0 Å². The zero-order valence-corrected chi connectivity index (χ0v) is 15.5. The summed E-state index contributed by atoms with van der Waals surface area (Å²) in [6.07, 6.45) is 0.166. The number of rotatable bonds is 2. The number of hydrogen-bond donors (Lipinski definition) is 0. The molecule has 4 nitrogen and oxygen atoms in total. The lowest BCUT2D eigenvalue weighted by Crippen LogP contribution is -2.37. The summed E-state index contributed by atoms with van der Waals surface area (Å²) in [5, 5.41) is 0.401. The monoisotopic (exact) mass is 365 g/mol. The Morgan fingerprint density at radius 2 is 1.67 bits per heavy atom. The lowest BCUT2D eigenvalue weighted by atomic mass is 10.0. The van der Waals surface area contributed by atoms with Crippen LogP contribution in [-0.2, 0) is 10.0 Å². The minimum absolute atomic E-state index is 0.0676. The van der Waals surface area contributed by atoms with Crippen molar-refractivity contribution in [3.05, 3.63) is 58.6 Å². The first-order valence-corrected chi connectivity index (χ1v) is 9.63. The zero-order valence-electron chi connectivity index (χ0n) is 13.9. The molecule has 0 N–H and O–H groups in total. The molecule has 0 bridgehead atoms. The summed E-state index contributed by atoms with van der Waals surface area (Å²) in [7, 11) is -3.71. The Morgan fingerprint density at radius 3 is 2.29 bits per heavy atom. The molecule has 1 aliphatic heterocycles. The van der Waals surface area contributed by atoms with Crippen LogP contribution in [0.25, 0.3) is 0 Å². The lowest BCUT2D eigenvalue weighted by molar-refractivity contribution is 0.0982. The second kappa shape index (κ2) is 7.36. The van der Waals surface area contributed by atoms with Crippen LogP contribution in [0.3, 0.4) is 0 Å². The van der Waals surface area contributed by atoms with E-state index in [1.165, 1.54) is 10.4 Å². The van der Waals surface area contributed by atoms with E-state index in [-0.39, 0.29) is 23.6 Å². The molecule has 3 rings (SSSR count). The van der Waals surface area contributed by atoms with Gasteiger partial charge in [-0.25, -0.2) is 8.42 Å². The first kappa shape index (κ1) is 18.5. The number of carbonyl (C=O) groups is 1. The Hall–Kier alpha value is -1.85. The average Bonchev–Trinajstić information content (AvgIpc) is 2.57. The summed E-state index contributed by atoms with van der Waals surface area (Å²) < 4.78 is 27.0. The minimum atomic E-state index is -3.71. The molecule has 0 atom stereocenters. The fourth-order valence-corrected chi connectivity index (χ4v) is 4.13. The van der Waals surface area contributed by atoms with E-state index in [4.69, 9.17) is 11.6 Å². The zero-order chi connectivity index (χ0) is 17.9. The van der Waals surface area contributed by atoms with Gasteiger partial charge in [-0.2, -0.15) is 0 Å². The Balaban J connectivity index is 0.00000100. The number of carbonyl (C=O) groups excluding carboxylic acids is 1. The number of nitrogens with zero attached hydrogens (tertiary/aromatic N) is 1. The maximum atomic E-state index is 12.9. The van der Waals surface area contributed by atoms with Gasteiger partial charge < -0.3 is 0 Å². The van der Waals surface area contributed by atoms with Gasteiger partial charge >= 0.3 is 0 Å². The smallest absolute Gasteiger partial charge is 0.264 e. The van der Waals surface area contributed by atoms with E-state index in [2.05, 4.69) is 0 Å². The molecule has 6 heteroatoms. The molecule has 128 valence electrons. The highest BCUT2D eigenvalue weighted by Gasteiger charge is 2.32. The standard InChI is InChI=1S/C16H14ClNO3S.C2H6/c1-11-2-5-13(6-3-11)22(20,21)18-9-8-16(19)14-7-4-12(17)10-15(14)18;1-2/h2-7,10H,8-9H2,1H3;1-2H3. The fraction of sp³-hybridized carbons (Fsp3) is 0.278. The fourth-order valence-electron chi connectivity index (χ4n) is 2.49. The van der Waals surface area contributed by atoms with Gasteiger partial charge in [0.1, 0.15) is 0 Å². The SMILES string of the molecule is CC.Cc1ccc(S(=O)(=O)N2CCC(=O)c3ccc(Cl)cc32)cc1. The summed E-state index contributed by atoms with van der Waals surface area (Å²) >= 11 is 5.97. The van der Waals surface area contributed by atoms with E-state index < -0.39 is 10.0 Å². The number of Topliss-reactive ketones (excluding diaryl/α,β-unsaturated/α-hetero) is 1. The van der Waals surface area contributed by atoms with Gasteiger partial charge in [0.2, 0.25) is 0 Å². The summed E-state index contributed by atoms with van der Waals surface area (Å²) in [5.74, 6) is -0.0676. The maximum Gasteiger partial charge on any atom is 0.264 e. The molecule has 0 aliphatic carbocycles. The summed E-state index contributed by atoms with van der Waals surface area (Å²) in [6, 6.07) is 11.4. The molecule has 1 aliphatic rings. The van der Waals surface area contributed by atoms with Crippen molar-refractivity contribution < 1.29 is 13.2 Å². The van der Waals surface area contributed by atoms with Gasteiger partial charge in [0.05, 0.1) is 10.6 Å². The van der Waals surface area contributed by atoms with Gasteiger partial charge in [-0.3, -0.25) is 9.10 Å². The predicted molar refractivity (Wildman–Crippen MR) is 97.5 cm³/mol. The molecule has 0 saturated carbocycles. The van der Waals surface area contributed by atoms with E-state index in [0.29, 0.717) is 16.3 Å². The van der Waals surface area contributed by atoms with E-state index >= 15 is 0 Å². The Morgan fingerprint density at radius 1 is 1.04 bits per heavy atom. The van der Waals surface area contributed by atoms with Gasteiger partial charge in [-0.15, -0.1) is 0 Å². The van der Waals surface area contributed by atoms with Crippen molar-refractivity contribution in [3.8, 4) is 0 Å². The summed E-state index contributed by atoms with van der Waals surface area (Å²) in [4.78, 5) is 12.2. The second-order valence-electron chi connectivity index (χ2n) is 5.22. The largest absolute Gasteiger partial charge is 0.294 e. The highest BCUT2D eigenvalue weighted by Crippen LogP contribution is 2.34. The van der Waals surface area contributed by atoms with E-state index in [9.17, 15) is 13.2 Å². The Kier molecular flexibility index (Phi) is 5.67. The number of halogens is 1. The van der Waals surface area contributed by atoms with Crippen LogP contribution in [0.4, 0.5) is 5.69 Å².